The lowest BCUT2D eigenvalue weighted by Gasteiger charge is -2.26. The minimum absolute atomic E-state index is 0.349. The maximum absolute atomic E-state index is 11.0. The van der Waals surface area contributed by atoms with Gasteiger partial charge in [0.2, 0.25) is 0 Å². The lowest BCUT2D eigenvalue weighted by molar-refractivity contribution is -0.119. The number of carbonyl (C=O) groups excluding carboxylic acids is 1. The highest BCUT2D eigenvalue weighted by molar-refractivity contribution is 5.80. The van der Waals surface area contributed by atoms with Gasteiger partial charge in [0, 0.05) is 32.1 Å². The maximum atomic E-state index is 11.0. The Morgan fingerprint density at radius 2 is 2.00 bits per heavy atom. The van der Waals surface area contributed by atoms with Crippen LogP contribution in [0.25, 0.3) is 0 Å². The summed E-state index contributed by atoms with van der Waals surface area (Å²) in [5.74, 6) is 1.24. The van der Waals surface area contributed by atoms with Gasteiger partial charge in [0.15, 0.2) is 0 Å². The topological polar surface area (TPSA) is 46.1 Å². The Kier molecular flexibility index (Phi) is 2.43. The third-order valence-corrected chi connectivity index (χ3v) is 2.39. The van der Waals surface area contributed by atoms with Crippen molar-refractivity contribution < 1.29 is 4.79 Å². The van der Waals surface area contributed by atoms with E-state index in [4.69, 9.17) is 0 Å². The van der Waals surface area contributed by atoms with Crippen LogP contribution in [0.3, 0.4) is 0 Å². The van der Waals surface area contributed by atoms with Crippen LogP contribution >= 0.6 is 0 Å². The maximum Gasteiger partial charge on any atom is 0.147 e. The largest absolute Gasteiger partial charge is 0.354 e. The van der Waals surface area contributed by atoms with Crippen molar-refractivity contribution in [2.45, 2.75) is 19.8 Å². The molecule has 1 saturated heterocycles. The third kappa shape index (κ3) is 1.89. The van der Waals surface area contributed by atoms with Gasteiger partial charge in [-0.2, -0.15) is 0 Å². The van der Waals surface area contributed by atoms with Crippen LogP contribution in [-0.4, -0.2) is 28.8 Å². The van der Waals surface area contributed by atoms with Gasteiger partial charge in [0.25, 0.3) is 0 Å². The van der Waals surface area contributed by atoms with E-state index in [0.717, 1.165) is 24.6 Å². The first kappa shape index (κ1) is 9.12. The van der Waals surface area contributed by atoms with Crippen molar-refractivity contribution in [3.8, 4) is 0 Å². The molecule has 0 aromatic carbocycles. The fraction of sp³-hybridized carbons (Fsp3) is 0.500. The number of aryl methyl sites for hydroxylation is 1. The predicted octanol–water partition coefficient (Wildman–Crippen LogP) is 0.954. The highest BCUT2D eigenvalue weighted by Gasteiger charge is 2.17. The molecule has 0 amide bonds. The average Bonchev–Trinajstić information content (AvgIpc) is 2.19. The Hall–Kier alpha value is -1.45. The van der Waals surface area contributed by atoms with E-state index in [1.54, 1.807) is 12.4 Å². The number of aromatic nitrogens is 2. The minimum atomic E-state index is 0.349. The molecule has 2 rings (SSSR count). The summed E-state index contributed by atoms with van der Waals surface area (Å²) in [6, 6.07) is 0. The molecule has 2 heterocycles. The van der Waals surface area contributed by atoms with E-state index in [-0.39, 0.29) is 0 Å². The molecular weight excluding hydrogens is 178 g/mol. The normalized spacial score (nSPS) is 17.2. The number of ketones is 1. The zero-order valence-corrected chi connectivity index (χ0v) is 8.23. The molecule has 0 saturated carbocycles. The van der Waals surface area contributed by atoms with Crippen LogP contribution < -0.4 is 4.90 Å². The number of hydrogen-bond donors (Lipinski definition) is 0. The standard InChI is InChI=1S/C10H13N3O/c1-8-6-11-7-10(12-8)13-4-2-9(14)3-5-13/h6-7H,2-5H2,1H3. The lowest BCUT2D eigenvalue weighted by atomic mass is 10.1. The molecule has 0 radical (unpaired) electrons. The Labute approximate surface area is 83.0 Å². The van der Waals surface area contributed by atoms with Crippen molar-refractivity contribution in [2.24, 2.45) is 0 Å². The molecule has 0 spiro atoms. The van der Waals surface area contributed by atoms with Crippen molar-refractivity contribution in [3.63, 3.8) is 0 Å². The number of carbonyl (C=O) groups is 1. The molecule has 1 aromatic heterocycles. The van der Waals surface area contributed by atoms with Crippen LogP contribution in [0, 0.1) is 6.92 Å². The summed E-state index contributed by atoms with van der Waals surface area (Å²) in [7, 11) is 0. The van der Waals surface area contributed by atoms with Gasteiger partial charge in [-0.25, -0.2) is 4.98 Å². The summed E-state index contributed by atoms with van der Waals surface area (Å²) in [6.45, 7) is 3.47. The van der Waals surface area contributed by atoms with Gasteiger partial charge in [-0.1, -0.05) is 0 Å². The molecule has 1 aliphatic heterocycles. The highest BCUT2D eigenvalue weighted by atomic mass is 16.1. The monoisotopic (exact) mass is 191 g/mol. The van der Waals surface area contributed by atoms with Gasteiger partial charge in [0.05, 0.1) is 11.9 Å². The Bertz CT molecular complexity index is 341. The molecule has 1 fully saturated rings. The first-order valence-electron chi connectivity index (χ1n) is 4.81. The zero-order valence-electron chi connectivity index (χ0n) is 8.23. The van der Waals surface area contributed by atoms with E-state index in [0.29, 0.717) is 18.6 Å². The summed E-state index contributed by atoms with van der Waals surface area (Å²) >= 11 is 0. The molecule has 4 heteroatoms. The SMILES string of the molecule is Cc1cncc(N2CCC(=O)CC2)n1. The molecule has 0 bridgehead atoms. The summed E-state index contributed by atoms with van der Waals surface area (Å²) < 4.78 is 0. The minimum Gasteiger partial charge on any atom is -0.354 e. The van der Waals surface area contributed by atoms with Crippen LogP contribution in [-0.2, 0) is 4.79 Å². The number of Topliss-reactive ketones (excluding diaryl/α,β-unsaturated/α-hetero) is 1. The van der Waals surface area contributed by atoms with Crippen LogP contribution in [0.1, 0.15) is 18.5 Å². The van der Waals surface area contributed by atoms with Gasteiger partial charge >= 0.3 is 0 Å². The molecular formula is C10H13N3O. The van der Waals surface area contributed by atoms with Crippen LogP contribution in [0.2, 0.25) is 0 Å². The summed E-state index contributed by atoms with van der Waals surface area (Å²) in [4.78, 5) is 21.6. The van der Waals surface area contributed by atoms with Gasteiger partial charge in [-0.3, -0.25) is 9.78 Å². The zero-order chi connectivity index (χ0) is 9.97. The van der Waals surface area contributed by atoms with Gasteiger partial charge in [0.1, 0.15) is 11.6 Å². The smallest absolute Gasteiger partial charge is 0.147 e. The second-order valence-corrected chi connectivity index (χ2v) is 3.54. The van der Waals surface area contributed by atoms with E-state index in [2.05, 4.69) is 14.9 Å². The fourth-order valence-electron chi connectivity index (χ4n) is 1.59. The molecule has 74 valence electrons. The molecule has 0 atom stereocenters. The number of nitrogens with zero attached hydrogens (tertiary/aromatic N) is 3. The van der Waals surface area contributed by atoms with Gasteiger partial charge in [-0.05, 0) is 6.92 Å². The van der Waals surface area contributed by atoms with Crippen molar-refractivity contribution in [1.29, 1.82) is 0 Å². The van der Waals surface area contributed by atoms with E-state index in [9.17, 15) is 4.79 Å². The van der Waals surface area contributed by atoms with Gasteiger partial charge < -0.3 is 4.90 Å². The van der Waals surface area contributed by atoms with E-state index < -0.39 is 0 Å². The van der Waals surface area contributed by atoms with E-state index in [1.807, 2.05) is 6.92 Å². The molecule has 1 aromatic rings. The van der Waals surface area contributed by atoms with Gasteiger partial charge in [-0.15, -0.1) is 0 Å². The lowest BCUT2D eigenvalue weighted by Crippen LogP contribution is -2.34. The van der Waals surface area contributed by atoms with Crippen molar-refractivity contribution in [2.75, 3.05) is 18.0 Å². The van der Waals surface area contributed by atoms with Crippen molar-refractivity contribution in [3.05, 3.63) is 18.1 Å². The molecule has 14 heavy (non-hydrogen) atoms. The van der Waals surface area contributed by atoms with Crippen molar-refractivity contribution in [1.82, 2.24) is 9.97 Å². The fourth-order valence-corrected chi connectivity index (χ4v) is 1.59. The second kappa shape index (κ2) is 3.74. The molecule has 1 aliphatic rings. The first-order valence-corrected chi connectivity index (χ1v) is 4.81. The Morgan fingerprint density at radius 1 is 1.29 bits per heavy atom. The Morgan fingerprint density at radius 3 is 2.64 bits per heavy atom. The third-order valence-electron chi connectivity index (χ3n) is 2.39. The number of rotatable bonds is 1. The van der Waals surface area contributed by atoms with E-state index in [1.165, 1.54) is 0 Å². The molecule has 0 N–H and O–H groups in total. The van der Waals surface area contributed by atoms with Crippen LogP contribution in [0.4, 0.5) is 5.82 Å². The number of piperidine rings is 1. The average molecular weight is 191 g/mol. The van der Waals surface area contributed by atoms with Crippen LogP contribution in [0.5, 0.6) is 0 Å². The Balaban J connectivity index is 2.12. The molecule has 0 unspecified atom stereocenters. The molecule has 4 nitrogen and oxygen atoms in total. The predicted molar refractivity (Wildman–Crippen MR) is 53.2 cm³/mol. The van der Waals surface area contributed by atoms with Crippen molar-refractivity contribution >= 4 is 11.6 Å². The summed E-state index contributed by atoms with van der Waals surface area (Å²) in [6.07, 6.45) is 4.76. The van der Waals surface area contributed by atoms with E-state index >= 15 is 0 Å². The quantitative estimate of drug-likeness (QED) is 0.663. The summed E-state index contributed by atoms with van der Waals surface area (Å²) in [5.41, 5.74) is 0.916. The summed E-state index contributed by atoms with van der Waals surface area (Å²) in [5, 5.41) is 0. The highest BCUT2D eigenvalue weighted by Crippen LogP contribution is 2.14. The van der Waals surface area contributed by atoms with Crippen LogP contribution in [0.15, 0.2) is 12.4 Å². The number of hydrogen-bond acceptors (Lipinski definition) is 4. The first-order chi connectivity index (χ1) is 6.75. The second-order valence-electron chi connectivity index (χ2n) is 3.54. The molecule has 0 aliphatic carbocycles. The number of anilines is 1.